The van der Waals surface area contributed by atoms with Crippen LogP contribution in [-0.4, -0.2) is 21.8 Å². The summed E-state index contributed by atoms with van der Waals surface area (Å²) in [4.78, 5) is 11.2. The van der Waals surface area contributed by atoms with Crippen LogP contribution in [0.2, 0.25) is 0 Å². The molecule has 1 aliphatic rings. The molecule has 166 valence electrons. The smallest absolute Gasteiger partial charge is 0.489 e. The van der Waals surface area contributed by atoms with Gasteiger partial charge >= 0.3 is 12.3 Å². The zero-order valence-electron chi connectivity index (χ0n) is 16.9. The molecule has 0 radical (unpaired) electrons. The van der Waals surface area contributed by atoms with Gasteiger partial charge in [-0.15, -0.1) is 13.2 Å². The van der Waals surface area contributed by atoms with Crippen molar-refractivity contribution in [2.24, 2.45) is 0 Å². The molecule has 3 aromatic rings. The lowest BCUT2D eigenvalue weighted by Gasteiger charge is -2.21. The number of pyridine rings is 1. The third-order valence-corrected chi connectivity index (χ3v) is 5.45. The van der Waals surface area contributed by atoms with Crippen molar-refractivity contribution in [2.75, 3.05) is 0 Å². The number of hydrogen-bond acceptors (Lipinski definition) is 4. The molecule has 1 N–H and O–H groups in total. The van der Waals surface area contributed by atoms with Crippen molar-refractivity contribution in [1.29, 1.82) is 5.26 Å². The van der Waals surface area contributed by atoms with Crippen LogP contribution < -0.4 is 9.47 Å². The third kappa shape index (κ3) is 4.80. The second kappa shape index (κ2) is 8.46. The van der Waals surface area contributed by atoms with Gasteiger partial charge in [-0.3, -0.25) is 4.79 Å². The van der Waals surface area contributed by atoms with E-state index in [1.165, 1.54) is 12.1 Å². The quantitative estimate of drug-likeness (QED) is 0.566. The summed E-state index contributed by atoms with van der Waals surface area (Å²) < 4.78 is 49.3. The largest absolute Gasteiger partial charge is 0.573 e. The van der Waals surface area contributed by atoms with Crippen LogP contribution in [0.1, 0.15) is 47.6 Å². The molecule has 0 saturated heterocycles. The van der Waals surface area contributed by atoms with Gasteiger partial charge in [-0.05, 0) is 66.6 Å². The van der Waals surface area contributed by atoms with Gasteiger partial charge < -0.3 is 19.0 Å². The summed E-state index contributed by atoms with van der Waals surface area (Å²) in [5.41, 5.74) is 3.38. The van der Waals surface area contributed by atoms with Gasteiger partial charge in [0.2, 0.25) is 0 Å². The Morgan fingerprint density at radius 2 is 2.03 bits per heavy atom. The van der Waals surface area contributed by atoms with Crippen molar-refractivity contribution >= 4 is 11.5 Å². The van der Waals surface area contributed by atoms with Gasteiger partial charge in [-0.2, -0.15) is 5.26 Å². The monoisotopic (exact) mass is 444 g/mol. The summed E-state index contributed by atoms with van der Waals surface area (Å²) in [5, 5.41) is 18.3. The van der Waals surface area contributed by atoms with E-state index in [1.807, 2.05) is 22.7 Å². The normalized spacial score (nSPS) is 15.8. The first kappa shape index (κ1) is 21.6. The standard InChI is InChI=1S/C23H19F3N2O4/c24-23(25,26)32-19-7-14(12-27)6-15(8-19)13-31-18-4-5-28-17(10-18)11-20-16(9-22(29)30)2-1-3-21(20)28/h4-8,10-11,16H,1-3,9,13H2,(H,29,30). The van der Waals surface area contributed by atoms with Crippen LogP contribution in [0.4, 0.5) is 13.2 Å². The number of aliphatic carboxylic acids is 1. The number of benzene rings is 1. The molecular formula is C23H19F3N2O4. The molecule has 0 bridgehead atoms. The lowest BCUT2D eigenvalue weighted by Crippen LogP contribution is -2.17. The van der Waals surface area contributed by atoms with Crippen molar-refractivity contribution < 1.29 is 32.5 Å². The van der Waals surface area contributed by atoms with Gasteiger partial charge in [0.05, 0.1) is 18.1 Å². The minimum atomic E-state index is -4.86. The summed E-state index contributed by atoms with van der Waals surface area (Å²) in [6.07, 6.45) is -0.308. The fraction of sp³-hybridized carbons (Fsp3) is 0.304. The molecule has 4 rings (SSSR count). The van der Waals surface area contributed by atoms with E-state index in [4.69, 9.17) is 10.00 Å². The van der Waals surface area contributed by atoms with Crippen molar-refractivity contribution in [2.45, 2.75) is 44.6 Å². The number of halogens is 3. The number of carboxylic acids is 1. The Bertz CT molecular complexity index is 1210. The molecule has 1 aromatic carbocycles. The Kier molecular flexibility index (Phi) is 5.70. The number of nitriles is 1. The van der Waals surface area contributed by atoms with Gasteiger partial charge in [-0.25, -0.2) is 0 Å². The number of carbonyl (C=O) groups is 1. The molecule has 1 atom stereocenters. The second-order valence-electron chi connectivity index (χ2n) is 7.70. The summed E-state index contributed by atoms with van der Waals surface area (Å²) in [6.45, 7) is -0.0536. The van der Waals surface area contributed by atoms with Crippen LogP contribution >= 0.6 is 0 Å². The number of aromatic nitrogens is 1. The van der Waals surface area contributed by atoms with E-state index in [-0.39, 0.29) is 24.5 Å². The number of rotatable bonds is 6. The predicted molar refractivity (Wildman–Crippen MR) is 108 cm³/mol. The number of nitrogens with zero attached hydrogens (tertiary/aromatic N) is 2. The molecule has 2 heterocycles. The maximum absolute atomic E-state index is 12.5. The molecular weight excluding hydrogens is 425 g/mol. The minimum absolute atomic E-state index is 0.0266. The Morgan fingerprint density at radius 3 is 2.75 bits per heavy atom. The van der Waals surface area contributed by atoms with E-state index in [2.05, 4.69) is 4.74 Å². The highest BCUT2D eigenvalue weighted by Crippen LogP contribution is 2.37. The average molecular weight is 444 g/mol. The van der Waals surface area contributed by atoms with Crippen molar-refractivity contribution in [3.8, 4) is 17.6 Å². The van der Waals surface area contributed by atoms with Crippen LogP contribution in [-0.2, 0) is 17.8 Å². The lowest BCUT2D eigenvalue weighted by atomic mass is 9.85. The summed E-state index contributed by atoms with van der Waals surface area (Å²) >= 11 is 0. The van der Waals surface area contributed by atoms with Gasteiger partial charge in [0.15, 0.2) is 0 Å². The van der Waals surface area contributed by atoms with Crippen molar-refractivity contribution in [1.82, 2.24) is 4.40 Å². The maximum atomic E-state index is 12.5. The molecule has 0 aliphatic heterocycles. The van der Waals surface area contributed by atoms with Crippen molar-refractivity contribution in [3.63, 3.8) is 0 Å². The molecule has 2 aromatic heterocycles. The highest BCUT2D eigenvalue weighted by atomic mass is 19.4. The predicted octanol–water partition coefficient (Wildman–Crippen LogP) is 5.18. The highest BCUT2D eigenvalue weighted by molar-refractivity contribution is 5.69. The Morgan fingerprint density at radius 1 is 1.22 bits per heavy atom. The van der Waals surface area contributed by atoms with Gasteiger partial charge in [0.25, 0.3) is 0 Å². The van der Waals surface area contributed by atoms with Gasteiger partial charge in [-0.1, -0.05) is 0 Å². The van der Waals surface area contributed by atoms with Gasteiger partial charge in [0, 0.05) is 23.5 Å². The third-order valence-electron chi connectivity index (χ3n) is 5.45. The number of carboxylic acid groups (broad SMARTS) is 1. The number of fused-ring (bicyclic) bond motifs is 3. The number of aryl methyl sites for hydroxylation is 1. The van der Waals surface area contributed by atoms with Crippen molar-refractivity contribution in [3.05, 3.63) is 65.0 Å². The van der Waals surface area contributed by atoms with Crippen LogP contribution in [0.3, 0.4) is 0 Å². The molecule has 0 amide bonds. The number of alkyl halides is 3. The summed E-state index contributed by atoms with van der Waals surface area (Å²) in [7, 11) is 0. The number of ether oxygens (including phenoxy) is 2. The molecule has 1 unspecified atom stereocenters. The molecule has 1 aliphatic carbocycles. The minimum Gasteiger partial charge on any atom is -0.489 e. The second-order valence-corrected chi connectivity index (χ2v) is 7.70. The topological polar surface area (TPSA) is 84.0 Å². The van der Waals surface area contributed by atoms with E-state index in [9.17, 15) is 23.1 Å². The van der Waals surface area contributed by atoms with Crippen LogP contribution in [0.5, 0.6) is 11.5 Å². The fourth-order valence-corrected chi connectivity index (χ4v) is 4.21. The Balaban J connectivity index is 1.55. The first-order valence-corrected chi connectivity index (χ1v) is 10.00. The number of hydrogen-bond donors (Lipinski definition) is 1. The zero-order chi connectivity index (χ0) is 22.9. The van der Waals surface area contributed by atoms with Crippen LogP contribution in [0, 0.1) is 11.3 Å². The SMILES string of the molecule is N#Cc1cc(COc2ccn3c4c(cc3c2)C(CC(=O)O)CCC4)cc(OC(F)(F)F)c1. The first-order valence-electron chi connectivity index (χ1n) is 10.00. The highest BCUT2D eigenvalue weighted by Gasteiger charge is 2.31. The molecule has 0 fully saturated rings. The Labute approximate surface area is 181 Å². The summed E-state index contributed by atoms with van der Waals surface area (Å²) in [5.74, 6) is -0.825. The fourth-order valence-electron chi connectivity index (χ4n) is 4.21. The van der Waals surface area contributed by atoms with E-state index in [0.717, 1.165) is 42.1 Å². The zero-order valence-corrected chi connectivity index (χ0v) is 16.9. The molecule has 6 nitrogen and oxygen atoms in total. The van der Waals surface area contributed by atoms with Crippen LogP contribution in [0.15, 0.2) is 42.6 Å². The van der Waals surface area contributed by atoms with E-state index in [1.54, 1.807) is 12.1 Å². The van der Waals surface area contributed by atoms with E-state index < -0.39 is 18.1 Å². The summed E-state index contributed by atoms with van der Waals surface area (Å²) in [6, 6.07) is 11.0. The molecule has 0 spiro atoms. The molecule has 32 heavy (non-hydrogen) atoms. The Hall–Kier alpha value is -3.67. The van der Waals surface area contributed by atoms with Gasteiger partial charge in [0.1, 0.15) is 18.1 Å². The first-order chi connectivity index (χ1) is 15.2. The maximum Gasteiger partial charge on any atom is 0.573 e. The molecule has 0 saturated carbocycles. The molecule has 9 heteroatoms. The lowest BCUT2D eigenvalue weighted by molar-refractivity contribution is -0.274. The van der Waals surface area contributed by atoms with E-state index >= 15 is 0 Å². The average Bonchev–Trinajstić information content (AvgIpc) is 3.09. The van der Waals surface area contributed by atoms with Crippen LogP contribution in [0.25, 0.3) is 5.52 Å². The van der Waals surface area contributed by atoms with E-state index in [0.29, 0.717) is 11.3 Å².